The Hall–Kier alpha value is -1.91. The Balaban J connectivity index is 2.33. The molecule has 0 spiro atoms. The summed E-state index contributed by atoms with van der Waals surface area (Å²) in [5.74, 6) is 1.42. The molecule has 1 fully saturated rings. The number of carbonyl (C=O) groups excluding carboxylic acids is 1. The summed E-state index contributed by atoms with van der Waals surface area (Å²) >= 11 is 0. The molecule has 2 rings (SSSR count). The molecule has 1 aliphatic heterocycles. The summed E-state index contributed by atoms with van der Waals surface area (Å²) in [5, 5.41) is 2.70. The fraction of sp³-hybridized carbons (Fsp3) is 0.364. The second-order valence-electron chi connectivity index (χ2n) is 3.40. The quantitative estimate of drug-likeness (QED) is 0.843. The minimum Gasteiger partial charge on any atom is -0.497 e. The van der Waals surface area contributed by atoms with Crippen molar-refractivity contribution < 1.29 is 19.0 Å². The van der Waals surface area contributed by atoms with Crippen LogP contribution in [0.5, 0.6) is 11.5 Å². The van der Waals surface area contributed by atoms with Crippen LogP contribution in [0.1, 0.15) is 11.6 Å². The fourth-order valence-electron chi connectivity index (χ4n) is 1.66. The summed E-state index contributed by atoms with van der Waals surface area (Å²) in [7, 11) is 3.18. The van der Waals surface area contributed by atoms with Crippen LogP contribution < -0.4 is 14.8 Å². The fourth-order valence-corrected chi connectivity index (χ4v) is 1.66. The van der Waals surface area contributed by atoms with Gasteiger partial charge in [-0.25, -0.2) is 4.79 Å². The van der Waals surface area contributed by atoms with Gasteiger partial charge in [-0.3, -0.25) is 0 Å². The molecule has 0 bridgehead atoms. The van der Waals surface area contributed by atoms with Gasteiger partial charge in [0.25, 0.3) is 0 Å². The monoisotopic (exact) mass is 223 g/mol. The molecule has 86 valence electrons. The van der Waals surface area contributed by atoms with E-state index in [2.05, 4.69) is 5.32 Å². The molecule has 0 unspecified atom stereocenters. The highest BCUT2D eigenvalue weighted by Gasteiger charge is 2.26. The topological polar surface area (TPSA) is 56.8 Å². The first-order valence-electron chi connectivity index (χ1n) is 4.90. The Morgan fingerprint density at radius 2 is 2.19 bits per heavy atom. The van der Waals surface area contributed by atoms with Crippen LogP contribution in [0.2, 0.25) is 0 Å². The molecule has 1 aromatic rings. The van der Waals surface area contributed by atoms with Crippen molar-refractivity contribution in [3.05, 3.63) is 23.8 Å². The number of hydrogen-bond donors (Lipinski definition) is 1. The molecule has 1 amide bonds. The second kappa shape index (κ2) is 4.30. The second-order valence-corrected chi connectivity index (χ2v) is 3.40. The van der Waals surface area contributed by atoms with E-state index in [0.29, 0.717) is 12.4 Å². The SMILES string of the molecule is COc1ccc(OC)c([C@@H]2COC(=O)N2)c1. The summed E-state index contributed by atoms with van der Waals surface area (Å²) in [6.07, 6.45) is -0.408. The van der Waals surface area contributed by atoms with Gasteiger partial charge in [-0.1, -0.05) is 0 Å². The summed E-state index contributed by atoms with van der Waals surface area (Å²) in [6.45, 7) is 0.308. The van der Waals surface area contributed by atoms with Crippen LogP contribution in [0, 0.1) is 0 Å². The van der Waals surface area contributed by atoms with Gasteiger partial charge in [-0.05, 0) is 18.2 Å². The van der Waals surface area contributed by atoms with Crippen LogP contribution in [0.4, 0.5) is 4.79 Å². The highest BCUT2D eigenvalue weighted by molar-refractivity contribution is 5.70. The van der Waals surface area contributed by atoms with Crippen LogP contribution in [0.3, 0.4) is 0 Å². The number of ether oxygens (including phenoxy) is 3. The van der Waals surface area contributed by atoms with Crippen molar-refractivity contribution >= 4 is 6.09 Å². The van der Waals surface area contributed by atoms with Crippen LogP contribution in [-0.2, 0) is 4.74 Å². The van der Waals surface area contributed by atoms with E-state index in [1.807, 2.05) is 6.07 Å². The summed E-state index contributed by atoms with van der Waals surface area (Å²) in [5.41, 5.74) is 0.854. The zero-order valence-electron chi connectivity index (χ0n) is 9.15. The normalized spacial score (nSPS) is 18.9. The third-order valence-electron chi connectivity index (χ3n) is 2.49. The molecule has 0 saturated carbocycles. The maximum Gasteiger partial charge on any atom is 0.407 e. The number of nitrogens with one attached hydrogen (secondary N) is 1. The minimum absolute atomic E-state index is 0.183. The number of amides is 1. The van der Waals surface area contributed by atoms with E-state index in [-0.39, 0.29) is 6.04 Å². The first-order valence-corrected chi connectivity index (χ1v) is 4.90. The van der Waals surface area contributed by atoms with E-state index >= 15 is 0 Å². The standard InChI is InChI=1S/C11H13NO4/c1-14-7-3-4-10(15-2)8(5-7)9-6-16-11(13)12-9/h3-5,9H,6H2,1-2H3,(H,12,13)/t9-/m0/s1. The lowest BCUT2D eigenvalue weighted by Crippen LogP contribution is -2.18. The molecule has 0 aliphatic carbocycles. The smallest absolute Gasteiger partial charge is 0.407 e. The van der Waals surface area contributed by atoms with Crippen molar-refractivity contribution in [3.63, 3.8) is 0 Å². The summed E-state index contributed by atoms with van der Waals surface area (Å²) in [4.78, 5) is 11.0. The van der Waals surface area contributed by atoms with Crippen molar-refractivity contribution in [2.45, 2.75) is 6.04 Å². The van der Waals surface area contributed by atoms with E-state index in [9.17, 15) is 4.79 Å². The van der Waals surface area contributed by atoms with Gasteiger partial charge >= 0.3 is 6.09 Å². The van der Waals surface area contributed by atoms with Gasteiger partial charge < -0.3 is 19.5 Å². The minimum atomic E-state index is -0.408. The Morgan fingerprint density at radius 1 is 1.38 bits per heavy atom. The van der Waals surface area contributed by atoms with Crippen molar-refractivity contribution in [1.82, 2.24) is 5.32 Å². The molecular formula is C11H13NO4. The molecule has 16 heavy (non-hydrogen) atoms. The third-order valence-corrected chi connectivity index (χ3v) is 2.49. The maximum absolute atomic E-state index is 11.0. The highest BCUT2D eigenvalue weighted by atomic mass is 16.6. The molecule has 1 N–H and O–H groups in total. The maximum atomic E-state index is 11.0. The van der Waals surface area contributed by atoms with Crippen molar-refractivity contribution in [1.29, 1.82) is 0 Å². The predicted molar refractivity (Wildman–Crippen MR) is 56.8 cm³/mol. The van der Waals surface area contributed by atoms with Gasteiger partial charge in [0.05, 0.1) is 20.3 Å². The largest absolute Gasteiger partial charge is 0.497 e. The zero-order chi connectivity index (χ0) is 11.5. The first kappa shape index (κ1) is 10.6. The average molecular weight is 223 g/mol. The molecule has 1 heterocycles. The molecule has 5 heteroatoms. The Kier molecular flexibility index (Phi) is 2.85. The average Bonchev–Trinajstić information content (AvgIpc) is 2.75. The molecule has 1 aliphatic rings. The van der Waals surface area contributed by atoms with Crippen LogP contribution in [0.15, 0.2) is 18.2 Å². The molecule has 1 saturated heterocycles. The van der Waals surface area contributed by atoms with E-state index in [1.54, 1.807) is 26.4 Å². The van der Waals surface area contributed by atoms with Crippen molar-refractivity contribution in [2.24, 2.45) is 0 Å². The van der Waals surface area contributed by atoms with Gasteiger partial charge in [-0.2, -0.15) is 0 Å². The number of rotatable bonds is 3. The predicted octanol–water partition coefficient (Wildman–Crippen LogP) is 1.48. The zero-order valence-corrected chi connectivity index (χ0v) is 9.15. The number of hydrogen-bond acceptors (Lipinski definition) is 4. The Morgan fingerprint density at radius 3 is 2.75 bits per heavy atom. The van der Waals surface area contributed by atoms with E-state index in [0.717, 1.165) is 11.3 Å². The summed E-state index contributed by atoms with van der Waals surface area (Å²) < 4.78 is 15.2. The van der Waals surface area contributed by atoms with Crippen LogP contribution in [0.25, 0.3) is 0 Å². The Bertz CT molecular complexity index is 405. The molecular weight excluding hydrogens is 210 g/mol. The lowest BCUT2D eigenvalue weighted by molar-refractivity contribution is 0.177. The van der Waals surface area contributed by atoms with Gasteiger partial charge in [0.1, 0.15) is 18.1 Å². The van der Waals surface area contributed by atoms with E-state index in [4.69, 9.17) is 14.2 Å². The molecule has 0 aromatic heterocycles. The number of methoxy groups -OCH3 is 2. The number of benzene rings is 1. The number of carbonyl (C=O) groups is 1. The van der Waals surface area contributed by atoms with Gasteiger partial charge in [0.15, 0.2) is 0 Å². The lowest BCUT2D eigenvalue weighted by Gasteiger charge is -2.14. The first-order chi connectivity index (χ1) is 7.74. The third kappa shape index (κ3) is 1.88. The molecule has 0 radical (unpaired) electrons. The van der Waals surface area contributed by atoms with Crippen molar-refractivity contribution in [3.8, 4) is 11.5 Å². The van der Waals surface area contributed by atoms with Gasteiger partial charge in [0, 0.05) is 5.56 Å². The van der Waals surface area contributed by atoms with E-state index < -0.39 is 6.09 Å². The van der Waals surface area contributed by atoms with Crippen LogP contribution in [-0.4, -0.2) is 26.9 Å². The Labute approximate surface area is 93.3 Å². The van der Waals surface area contributed by atoms with Gasteiger partial charge in [-0.15, -0.1) is 0 Å². The van der Waals surface area contributed by atoms with Crippen LogP contribution >= 0.6 is 0 Å². The molecule has 1 aromatic carbocycles. The van der Waals surface area contributed by atoms with Gasteiger partial charge in [0.2, 0.25) is 0 Å². The number of cyclic esters (lactones) is 1. The van der Waals surface area contributed by atoms with E-state index in [1.165, 1.54) is 0 Å². The molecule has 5 nitrogen and oxygen atoms in total. The summed E-state index contributed by atoms with van der Waals surface area (Å²) in [6, 6.07) is 5.26. The van der Waals surface area contributed by atoms with Crippen molar-refractivity contribution in [2.75, 3.05) is 20.8 Å². The highest BCUT2D eigenvalue weighted by Crippen LogP contribution is 2.31. The number of alkyl carbamates (subject to hydrolysis) is 1. The lowest BCUT2D eigenvalue weighted by atomic mass is 10.1. The molecule has 1 atom stereocenters.